The topological polar surface area (TPSA) is 67.6 Å². The van der Waals surface area contributed by atoms with E-state index >= 15 is 0 Å². The number of rotatable bonds is 9. The maximum atomic E-state index is 13.9. The van der Waals surface area contributed by atoms with Gasteiger partial charge in [-0.25, -0.2) is 13.8 Å². The Bertz CT molecular complexity index is 1090. The Morgan fingerprint density at radius 1 is 1.18 bits per heavy atom. The molecule has 1 aromatic heterocycles. The zero-order chi connectivity index (χ0) is 23.9. The number of methoxy groups -OCH3 is 1. The summed E-state index contributed by atoms with van der Waals surface area (Å²) in [6.07, 6.45) is 4.03. The predicted octanol–water partition coefficient (Wildman–Crippen LogP) is 4.59. The molecule has 0 spiro atoms. The summed E-state index contributed by atoms with van der Waals surface area (Å²) in [6, 6.07) is 11.4. The van der Waals surface area contributed by atoms with E-state index in [9.17, 15) is 13.6 Å². The number of likely N-dealkylation sites (tertiary alicyclic amines) is 1. The lowest BCUT2D eigenvalue weighted by atomic mass is 9.96. The number of carbonyl (C=O) groups excluding carboxylic acids is 1. The van der Waals surface area contributed by atoms with E-state index in [0.29, 0.717) is 24.8 Å². The number of benzene rings is 2. The van der Waals surface area contributed by atoms with Gasteiger partial charge in [-0.3, -0.25) is 9.69 Å². The zero-order valence-corrected chi connectivity index (χ0v) is 19.2. The van der Waals surface area contributed by atoms with Crippen molar-refractivity contribution in [3.05, 3.63) is 71.8 Å². The molecule has 0 radical (unpaired) electrons. The Morgan fingerprint density at radius 3 is 2.65 bits per heavy atom. The first-order valence-corrected chi connectivity index (χ1v) is 11.5. The van der Waals surface area contributed by atoms with E-state index in [4.69, 9.17) is 9.15 Å². The van der Waals surface area contributed by atoms with Gasteiger partial charge in [-0.2, -0.15) is 0 Å². The number of aromatic nitrogens is 1. The molecule has 6 nitrogen and oxygen atoms in total. The Balaban J connectivity index is 1.16. The highest BCUT2D eigenvalue weighted by Gasteiger charge is 2.20. The van der Waals surface area contributed by atoms with Gasteiger partial charge < -0.3 is 14.5 Å². The fourth-order valence-electron chi connectivity index (χ4n) is 4.14. The summed E-state index contributed by atoms with van der Waals surface area (Å²) >= 11 is 0. The van der Waals surface area contributed by atoms with Crippen molar-refractivity contribution in [1.29, 1.82) is 0 Å². The maximum Gasteiger partial charge on any atom is 0.220 e. The molecule has 1 saturated heterocycles. The second-order valence-electron chi connectivity index (χ2n) is 8.61. The average Bonchev–Trinajstić information content (AvgIpc) is 3.31. The number of aryl methyl sites for hydroxylation is 1. The van der Waals surface area contributed by atoms with Crippen LogP contribution in [0.5, 0.6) is 5.75 Å². The average molecular weight is 470 g/mol. The zero-order valence-electron chi connectivity index (χ0n) is 19.2. The molecular weight excluding hydrogens is 440 g/mol. The number of nitrogens with zero attached hydrogens (tertiary/aromatic N) is 2. The number of amides is 1. The van der Waals surface area contributed by atoms with Crippen molar-refractivity contribution in [3.8, 4) is 17.1 Å². The molecule has 1 aliphatic heterocycles. The van der Waals surface area contributed by atoms with Crippen LogP contribution in [0, 0.1) is 17.6 Å². The Kier molecular flexibility index (Phi) is 7.90. The van der Waals surface area contributed by atoms with Gasteiger partial charge in [-0.05, 0) is 61.7 Å². The Labute approximate surface area is 197 Å². The van der Waals surface area contributed by atoms with Crippen LogP contribution in [-0.2, 0) is 17.8 Å². The van der Waals surface area contributed by atoms with E-state index in [1.54, 1.807) is 7.11 Å². The molecular formula is C26H29F2N3O3. The standard InChI is InChI=1S/C26H29F2N3O3/c1-33-21-5-2-19(3-6-21)17-31-12-10-18(11-13-31)15-29-25(32)8-9-26-30-16-24(34-26)22-7-4-20(27)14-23(22)28/h2-7,14,16,18H,8-13,15,17H2,1H3,(H,29,32). The van der Waals surface area contributed by atoms with Gasteiger partial charge in [0.25, 0.3) is 0 Å². The van der Waals surface area contributed by atoms with Crippen molar-refractivity contribution in [2.75, 3.05) is 26.7 Å². The van der Waals surface area contributed by atoms with Crippen LogP contribution in [0.4, 0.5) is 8.78 Å². The highest BCUT2D eigenvalue weighted by atomic mass is 19.1. The molecule has 8 heteroatoms. The first-order valence-electron chi connectivity index (χ1n) is 11.5. The van der Waals surface area contributed by atoms with E-state index in [-0.39, 0.29) is 23.7 Å². The third-order valence-corrected chi connectivity index (χ3v) is 6.18. The summed E-state index contributed by atoms with van der Waals surface area (Å²) in [7, 11) is 1.67. The molecule has 0 aliphatic carbocycles. The molecule has 1 aliphatic rings. The van der Waals surface area contributed by atoms with Crippen LogP contribution in [0.1, 0.15) is 30.7 Å². The van der Waals surface area contributed by atoms with Gasteiger partial charge in [0.1, 0.15) is 17.4 Å². The molecule has 0 unspecified atom stereocenters. The van der Waals surface area contributed by atoms with Gasteiger partial charge in [-0.15, -0.1) is 0 Å². The number of hydrogen-bond donors (Lipinski definition) is 1. The molecule has 0 bridgehead atoms. The fraction of sp³-hybridized carbons (Fsp3) is 0.385. The maximum absolute atomic E-state index is 13.9. The first kappa shape index (κ1) is 23.9. The van der Waals surface area contributed by atoms with Crippen molar-refractivity contribution in [2.45, 2.75) is 32.2 Å². The summed E-state index contributed by atoms with van der Waals surface area (Å²) in [5, 5.41) is 3.01. The van der Waals surface area contributed by atoms with Crippen LogP contribution in [0.2, 0.25) is 0 Å². The molecule has 3 aromatic rings. The summed E-state index contributed by atoms with van der Waals surface area (Å²) in [5.41, 5.74) is 1.41. The van der Waals surface area contributed by atoms with Crippen LogP contribution in [-0.4, -0.2) is 42.5 Å². The van der Waals surface area contributed by atoms with Crippen molar-refractivity contribution in [2.24, 2.45) is 5.92 Å². The molecule has 4 rings (SSSR count). The van der Waals surface area contributed by atoms with Gasteiger partial charge >= 0.3 is 0 Å². The smallest absolute Gasteiger partial charge is 0.220 e. The molecule has 180 valence electrons. The van der Waals surface area contributed by atoms with Crippen LogP contribution in [0.15, 0.2) is 53.1 Å². The molecule has 34 heavy (non-hydrogen) atoms. The molecule has 1 N–H and O–H groups in total. The SMILES string of the molecule is COc1ccc(CN2CCC(CNC(=O)CCc3ncc(-c4ccc(F)cc4F)o3)CC2)cc1. The monoisotopic (exact) mass is 469 g/mol. The quantitative estimate of drug-likeness (QED) is 0.497. The van der Waals surface area contributed by atoms with E-state index in [0.717, 1.165) is 50.4 Å². The third-order valence-electron chi connectivity index (χ3n) is 6.18. The van der Waals surface area contributed by atoms with Gasteiger partial charge in [0, 0.05) is 32.0 Å². The van der Waals surface area contributed by atoms with E-state index in [1.807, 2.05) is 12.1 Å². The minimum atomic E-state index is -0.713. The highest BCUT2D eigenvalue weighted by Crippen LogP contribution is 2.25. The normalized spacial score (nSPS) is 14.8. The van der Waals surface area contributed by atoms with Gasteiger partial charge in [0.15, 0.2) is 11.7 Å². The van der Waals surface area contributed by atoms with Gasteiger partial charge in [0.2, 0.25) is 5.91 Å². The number of piperidine rings is 1. The van der Waals surface area contributed by atoms with E-state index in [2.05, 4.69) is 27.3 Å². The summed E-state index contributed by atoms with van der Waals surface area (Å²) < 4.78 is 37.7. The van der Waals surface area contributed by atoms with Gasteiger partial charge in [-0.1, -0.05) is 12.1 Å². The van der Waals surface area contributed by atoms with Crippen molar-refractivity contribution >= 4 is 5.91 Å². The molecule has 1 amide bonds. The predicted molar refractivity (Wildman–Crippen MR) is 124 cm³/mol. The van der Waals surface area contributed by atoms with Crippen molar-refractivity contribution < 1.29 is 22.7 Å². The van der Waals surface area contributed by atoms with Crippen molar-refractivity contribution in [3.63, 3.8) is 0 Å². The third kappa shape index (κ3) is 6.41. The number of hydrogen-bond acceptors (Lipinski definition) is 5. The number of halogens is 2. The Morgan fingerprint density at radius 2 is 1.94 bits per heavy atom. The van der Waals surface area contributed by atoms with Crippen LogP contribution in [0.3, 0.4) is 0 Å². The summed E-state index contributed by atoms with van der Waals surface area (Å²) in [6.45, 7) is 3.59. The molecule has 2 aromatic carbocycles. The molecule has 0 atom stereocenters. The van der Waals surface area contributed by atoms with Crippen LogP contribution < -0.4 is 10.1 Å². The lowest BCUT2D eigenvalue weighted by molar-refractivity contribution is -0.121. The molecule has 0 saturated carbocycles. The van der Waals surface area contributed by atoms with E-state index < -0.39 is 11.6 Å². The van der Waals surface area contributed by atoms with Gasteiger partial charge in [0.05, 0.1) is 18.9 Å². The number of nitrogens with one attached hydrogen (secondary N) is 1. The minimum absolute atomic E-state index is 0.0617. The van der Waals surface area contributed by atoms with E-state index in [1.165, 1.54) is 17.8 Å². The number of oxazole rings is 1. The Hall–Kier alpha value is -3.26. The highest BCUT2D eigenvalue weighted by molar-refractivity contribution is 5.76. The molecule has 2 heterocycles. The minimum Gasteiger partial charge on any atom is -0.497 e. The number of ether oxygens (including phenoxy) is 1. The second-order valence-corrected chi connectivity index (χ2v) is 8.61. The summed E-state index contributed by atoms with van der Waals surface area (Å²) in [4.78, 5) is 18.8. The van der Waals surface area contributed by atoms with Crippen molar-refractivity contribution in [1.82, 2.24) is 15.2 Å². The largest absolute Gasteiger partial charge is 0.497 e. The number of carbonyl (C=O) groups is 1. The lowest BCUT2D eigenvalue weighted by Crippen LogP contribution is -2.38. The second kappa shape index (κ2) is 11.2. The lowest BCUT2D eigenvalue weighted by Gasteiger charge is -2.32. The first-order chi connectivity index (χ1) is 16.5. The summed E-state index contributed by atoms with van der Waals surface area (Å²) in [5.74, 6) is 0.466. The fourth-order valence-corrected chi connectivity index (χ4v) is 4.14. The van der Waals surface area contributed by atoms with Crippen LogP contribution >= 0.6 is 0 Å². The molecule has 1 fully saturated rings. The van der Waals surface area contributed by atoms with Crippen LogP contribution in [0.25, 0.3) is 11.3 Å².